The Hall–Kier alpha value is -0.230. The fraction of sp³-hybridized carbons (Fsp3) is 0.333. The molecule has 1 rings (SSSR count). The molecule has 72 valence electrons. The molecule has 1 aromatic carbocycles. The third-order valence-electron chi connectivity index (χ3n) is 1.95. The highest BCUT2D eigenvalue weighted by Crippen LogP contribution is 2.24. The van der Waals surface area contributed by atoms with E-state index in [1.807, 2.05) is 17.1 Å². The van der Waals surface area contributed by atoms with E-state index in [9.17, 15) is 8.78 Å². The van der Waals surface area contributed by atoms with E-state index in [0.29, 0.717) is 5.56 Å². The number of benzene rings is 1. The minimum Gasteiger partial charge on any atom is -0.243 e. The predicted octanol–water partition coefficient (Wildman–Crippen LogP) is 3.31. The second kappa shape index (κ2) is 4.32. The van der Waals surface area contributed by atoms with Crippen LogP contribution in [0.4, 0.5) is 8.78 Å². The van der Waals surface area contributed by atoms with Crippen LogP contribution in [0, 0.1) is 11.6 Å². The molecule has 0 aliphatic heterocycles. The summed E-state index contributed by atoms with van der Waals surface area (Å²) in [6, 6.07) is 3.60. The summed E-state index contributed by atoms with van der Waals surface area (Å²) in [5.74, 6) is -1.03. The lowest BCUT2D eigenvalue weighted by Gasteiger charge is -2.18. The molecule has 0 radical (unpaired) electrons. The van der Waals surface area contributed by atoms with Gasteiger partial charge in [-0.25, -0.2) is 11.9 Å². The summed E-state index contributed by atoms with van der Waals surface area (Å²) in [5, 5.41) is 0. The van der Waals surface area contributed by atoms with Gasteiger partial charge in [0.1, 0.15) is 11.6 Å². The summed E-state index contributed by atoms with van der Waals surface area (Å²) in [5.41, 5.74) is 0.512. The fourth-order valence-corrected chi connectivity index (χ4v) is 1.33. The number of hydrogen-bond donors (Lipinski definition) is 0. The zero-order valence-electron chi connectivity index (χ0n) is 7.39. The summed E-state index contributed by atoms with van der Waals surface area (Å²) in [7, 11) is 1.84. The van der Waals surface area contributed by atoms with Crippen LogP contribution < -0.4 is 0 Å². The van der Waals surface area contributed by atoms with E-state index in [0.717, 1.165) is 6.07 Å². The van der Waals surface area contributed by atoms with Crippen LogP contribution in [0.3, 0.4) is 0 Å². The smallest absolute Gasteiger partial charge is 0.130 e. The van der Waals surface area contributed by atoms with E-state index in [-0.39, 0.29) is 6.04 Å². The van der Waals surface area contributed by atoms with E-state index in [1.54, 1.807) is 0 Å². The van der Waals surface area contributed by atoms with E-state index in [4.69, 9.17) is 0 Å². The molecule has 0 aromatic heterocycles. The summed E-state index contributed by atoms with van der Waals surface area (Å²) >= 11 is 2.07. The van der Waals surface area contributed by atoms with E-state index < -0.39 is 11.6 Å². The first-order valence-electron chi connectivity index (χ1n) is 3.86. The second-order valence-electron chi connectivity index (χ2n) is 2.87. The normalized spacial score (nSPS) is 13.4. The van der Waals surface area contributed by atoms with Crippen molar-refractivity contribution in [1.29, 1.82) is 0 Å². The van der Waals surface area contributed by atoms with Crippen LogP contribution in [0.15, 0.2) is 18.2 Å². The maximum atomic E-state index is 13.2. The van der Waals surface area contributed by atoms with Crippen LogP contribution in [-0.2, 0) is 0 Å². The van der Waals surface area contributed by atoms with Gasteiger partial charge in [-0.1, -0.05) is 6.07 Å². The molecule has 0 aliphatic carbocycles. The molecule has 0 saturated carbocycles. The maximum absolute atomic E-state index is 13.2. The van der Waals surface area contributed by atoms with Crippen molar-refractivity contribution in [2.45, 2.75) is 13.0 Å². The Morgan fingerprint density at radius 3 is 2.46 bits per heavy atom. The fourth-order valence-electron chi connectivity index (χ4n) is 1.03. The third kappa shape index (κ3) is 2.60. The van der Waals surface area contributed by atoms with Gasteiger partial charge < -0.3 is 0 Å². The summed E-state index contributed by atoms with van der Waals surface area (Å²) in [6.07, 6.45) is 0. The zero-order valence-corrected chi connectivity index (χ0v) is 9.55. The van der Waals surface area contributed by atoms with Crippen LogP contribution in [0.2, 0.25) is 0 Å². The Balaban J connectivity index is 3.01. The van der Waals surface area contributed by atoms with Gasteiger partial charge in [0.15, 0.2) is 0 Å². The highest BCUT2D eigenvalue weighted by Gasteiger charge is 2.13. The van der Waals surface area contributed by atoms with Crippen molar-refractivity contribution in [1.82, 2.24) is 3.11 Å². The highest BCUT2D eigenvalue weighted by molar-refractivity contribution is 14.1. The van der Waals surface area contributed by atoms with Crippen molar-refractivity contribution in [2.75, 3.05) is 7.05 Å². The number of halogens is 3. The molecule has 1 aromatic rings. The molecule has 4 heteroatoms. The van der Waals surface area contributed by atoms with Crippen molar-refractivity contribution >= 4 is 22.9 Å². The Kier molecular flexibility index (Phi) is 3.61. The molecule has 0 heterocycles. The minimum atomic E-state index is -0.537. The number of hydrogen-bond acceptors (Lipinski definition) is 1. The molecular formula is C9H10F2IN. The van der Waals surface area contributed by atoms with Crippen molar-refractivity contribution in [3.05, 3.63) is 35.4 Å². The molecule has 0 amide bonds. The Labute approximate surface area is 90.2 Å². The third-order valence-corrected chi connectivity index (χ3v) is 2.78. The lowest BCUT2D eigenvalue weighted by atomic mass is 10.1. The topological polar surface area (TPSA) is 3.24 Å². The summed E-state index contributed by atoms with van der Waals surface area (Å²) in [4.78, 5) is 0. The van der Waals surface area contributed by atoms with Gasteiger partial charge in [0.2, 0.25) is 0 Å². The first kappa shape index (κ1) is 10.8. The van der Waals surface area contributed by atoms with Crippen LogP contribution >= 0.6 is 22.9 Å². The number of rotatable bonds is 2. The van der Waals surface area contributed by atoms with Crippen molar-refractivity contribution in [3.63, 3.8) is 0 Å². The Bertz CT molecular complexity index is 302. The standard InChI is InChI=1S/C9H10F2IN/c1-6(13(2)12)8-4-3-7(10)5-9(8)11/h3-6H,1-2H3. The lowest BCUT2D eigenvalue weighted by Crippen LogP contribution is -2.11. The van der Waals surface area contributed by atoms with Crippen molar-refractivity contribution in [2.24, 2.45) is 0 Å². The molecular weight excluding hydrogens is 287 g/mol. The van der Waals surface area contributed by atoms with Gasteiger partial charge in [0.25, 0.3) is 0 Å². The Morgan fingerprint density at radius 2 is 2.00 bits per heavy atom. The lowest BCUT2D eigenvalue weighted by molar-refractivity contribution is 0.460. The monoisotopic (exact) mass is 297 g/mol. The van der Waals surface area contributed by atoms with Crippen LogP contribution in [0.5, 0.6) is 0 Å². The van der Waals surface area contributed by atoms with Gasteiger partial charge in [-0.2, -0.15) is 0 Å². The van der Waals surface area contributed by atoms with E-state index >= 15 is 0 Å². The summed E-state index contributed by atoms with van der Waals surface area (Å²) in [6.45, 7) is 1.86. The SMILES string of the molecule is CC(c1ccc(F)cc1F)N(C)I. The molecule has 0 N–H and O–H groups in total. The predicted molar refractivity (Wildman–Crippen MR) is 56.6 cm³/mol. The van der Waals surface area contributed by atoms with Gasteiger partial charge in [-0.15, -0.1) is 0 Å². The average Bonchev–Trinajstić information content (AvgIpc) is 2.03. The van der Waals surface area contributed by atoms with Gasteiger partial charge in [-0.3, -0.25) is 0 Å². The molecule has 0 bridgehead atoms. The number of nitrogens with zero attached hydrogens (tertiary/aromatic N) is 1. The molecule has 0 aliphatic rings. The zero-order chi connectivity index (χ0) is 10.0. The highest BCUT2D eigenvalue weighted by atomic mass is 127. The molecule has 0 fully saturated rings. The van der Waals surface area contributed by atoms with Crippen molar-refractivity contribution < 1.29 is 8.78 Å². The van der Waals surface area contributed by atoms with Gasteiger partial charge in [0, 0.05) is 40.5 Å². The Morgan fingerprint density at radius 1 is 1.38 bits per heavy atom. The maximum Gasteiger partial charge on any atom is 0.130 e. The summed E-state index contributed by atoms with van der Waals surface area (Å²) < 4.78 is 27.6. The van der Waals surface area contributed by atoms with Gasteiger partial charge in [0.05, 0.1) is 0 Å². The molecule has 1 unspecified atom stereocenters. The first-order chi connectivity index (χ1) is 6.02. The molecule has 0 spiro atoms. The molecule has 1 atom stereocenters. The van der Waals surface area contributed by atoms with Gasteiger partial charge in [-0.05, 0) is 20.0 Å². The van der Waals surface area contributed by atoms with Crippen LogP contribution in [-0.4, -0.2) is 10.2 Å². The van der Waals surface area contributed by atoms with Gasteiger partial charge >= 0.3 is 0 Å². The average molecular weight is 297 g/mol. The van der Waals surface area contributed by atoms with E-state index in [2.05, 4.69) is 22.9 Å². The minimum absolute atomic E-state index is 0.0544. The molecule has 1 nitrogen and oxygen atoms in total. The largest absolute Gasteiger partial charge is 0.243 e. The van der Waals surface area contributed by atoms with Crippen LogP contribution in [0.1, 0.15) is 18.5 Å². The van der Waals surface area contributed by atoms with Crippen molar-refractivity contribution in [3.8, 4) is 0 Å². The van der Waals surface area contributed by atoms with E-state index in [1.165, 1.54) is 12.1 Å². The van der Waals surface area contributed by atoms with Crippen LogP contribution in [0.25, 0.3) is 0 Å². The molecule has 0 saturated heterocycles. The first-order valence-corrected chi connectivity index (χ1v) is 4.82. The second-order valence-corrected chi connectivity index (χ2v) is 4.39. The quantitative estimate of drug-likeness (QED) is 0.598. The molecule has 13 heavy (non-hydrogen) atoms.